The fourth-order valence-corrected chi connectivity index (χ4v) is 3.42. The molecule has 124 valence electrons. The van der Waals surface area contributed by atoms with Crippen LogP contribution in [0.4, 0.5) is 5.82 Å². The molecule has 0 unspecified atom stereocenters. The van der Waals surface area contributed by atoms with E-state index in [2.05, 4.69) is 62.0 Å². The van der Waals surface area contributed by atoms with Crippen molar-refractivity contribution in [2.24, 2.45) is 0 Å². The van der Waals surface area contributed by atoms with Crippen LogP contribution < -0.4 is 4.90 Å². The van der Waals surface area contributed by atoms with Gasteiger partial charge in [-0.15, -0.1) is 0 Å². The highest BCUT2D eigenvalue weighted by molar-refractivity contribution is 5.80. The van der Waals surface area contributed by atoms with E-state index in [9.17, 15) is 0 Å². The predicted molar refractivity (Wildman–Crippen MR) is 97.3 cm³/mol. The summed E-state index contributed by atoms with van der Waals surface area (Å²) in [6.45, 7) is 9.27. The molecular weight excluding hydrogens is 298 g/mol. The fraction of sp³-hybridized carbons (Fsp3) is 0.368. The minimum Gasteiger partial charge on any atom is -0.357 e. The molecule has 5 nitrogen and oxygen atoms in total. The first-order chi connectivity index (χ1) is 11.7. The van der Waals surface area contributed by atoms with Crippen LogP contribution in [0.1, 0.15) is 17.0 Å². The highest BCUT2D eigenvalue weighted by Gasteiger charge is 2.20. The van der Waals surface area contributed by atoms with Crippen LogP contribution in [0, 0.1) is 13.8 Å². The van der Waals surface area contributed by atoms with Gasteiger partial charge in [0.25, 0.3) is 0 Å². The van der Waals surface area contributed by atoms with Gasteiger partial charge in [-0.2, -0.15) is 0 Å². The third-order valence-electron chi connectivity index (χ3n) is 4.96. The number of anilines is 1. The molecule has 0 atom stereocenters. The molecule has 0 spiro atoms. The lowest BCUT2D eigenvalue weighted by molar-refractivity contribution is 0.247. The maximum Gasteiger partial charge on any atom is 0.135 e. The number of aromatic nitrogens is 3. The highest BCUT2D eigenvalue weighted by atomic mass is 15.3. The smallest absolute Gasteiger partial charge is 0.135 e. The second-order valence-corrected chi connectivity index (χ2v) is 6.55. The minimum absolute atomic E-state index is 0.976. The van der Waals surface area contributed by atoms with Gasteiger partial charge in [0, 0.05) is 55.2 Å². The molecule has 1 aliphatic heterocycles. The number of hydrogen-bond acceptors (Lipinski definition) is 4. The molecule has 0 radical (unpaired) electrons. The van der Waals surface area contributed by atoms with E-state index in [4.69, 9.17) is 0 Å². The van der Waals surface area contributed by atoms with Gasteiger partial charge in [0.05, 0.1) is 0 Å². The summed E-state index contributed by atoms with van der Waals surface area (Å²) >= 11 is 0. The summed E-state index contributed by atoms with van der Waals surface area (Å²) in [6.07, 6.45) is 1.68. The van der Waals surface area contributed by atoms with Crippen LogP contribution in [-0.4, -0.2) is 46.0 Å². The summed E-state index contributed by atoms with van der Waals surface area (Å²) in [5.41, 5.74) is 4.78. The molecule has 4 rings (SSSR count). The van der Waals surface area contributed by atoms with E-state index >= 15 is 0 Å². The number of benzene rings is 1. The molecule has 0 aliphatic carbocycles. The Bertz CT molecular complexity index is 813. The van der Waals surface area contributed by atoms with Crippen LogP contribution in [0.15, 0.2) is 36.7 Å². The molecule has 2 aromatic heterocycles. The molecule has 3 aromatic rings. The molecule has 5 heteroatoms. The van der Waals surface area contributed by atoms with Crippen molar-refractivity contribution in [1.29, 1.82) is 0 Å². The van der Waals surface area contributed by atoms with Gasteiger partial charge in [0.1, 0.15) is 12.1 Å². The largest absolute Gasteiger partial charge is 0.357 e. The lowest BCUT2D eigenvalue weighted by Gasteiger charge is -2.35. The van der Waals surface area contributed by atoms with E-state index in [0.717, 1.165) is 44.2 Å². The predicted octanol–water partition coefficient (Wildman–Crippen LogP) is 2.90. The number of H-pyrrole nitrogens is 1. The van der Waals surface area contributed by atoms with Gasteiger partial charge in [0.2, 0.25) is 0 Å². The van der Waals surface area contributed by atoms with Crippen molar-refractivity contribution in [2.45, 2.75) is 20.4 Å². The van der Waals surface area contributed by atoms with Gasteiger partial charge in [-0.25, -0.2) is 9.97 Å². The zero-order chi connectivity index (χ0) is 16.5. The van der Waals surface area contributed by atoms with Crippen LogP contribution in [-0.2, 0) is 6.54 Å². The van der Waals surface area contributed by atoms with Crippen LogP contribution in [0.5, 0.6) is 0 Å². The van der Waals surface area contributed by atoms with Gasteiger partial charge < -0.3 is 9.88 Å². The molecule has 1 saturated heterocycles. The number of nitrogens with one attached hydrogen (secondary N) is 1. The van der Waals surface area contributed by atoms with Crippen molar-refractivity contribution in [2.75, 3.05) is 31.1 Å². The van der Waals surface area contributed by atoms with Crippen molar-refractivity contribution < 1.29 is 0 Å². The number of nitrogens with zero attached hydrogens (tertiary/aromatic N) is 4. The zero-order valence-corrected chi connectivity index (χ0v) is 14.3. The van der Waals surface area contributed by atoms with Crippen molar-refractivity contribution >= 4 is 16.7 Å². The monoisotopic (exact) mass is 321 g/mol. The fourth-order valence-electron chi connectivity index (χ4n) is 3.42. The molecule has 1 fully saturated rings. The Morgan fingerprint density at radius 1 is 1.04 bits per heavy atom. The quantitative estimate of drug-likeness (QED) is 0.806. The summed E-state index contributed by atoms with van der Waals surface area (Å²) in [5, 5.41) is 1.29. The number of fused-ring (bicyclic) bond motifs is 1. The maximum atomic E-state index is 4.49. The number of rotatable bonds is 3. The summed E-state index contributed by atoms with van der Waals surface area (Å²) < 4.78 is 0. The molecule has 1 N–H and O–H groups in total. The van der Waals surface area contributed by atoms with Gasteiger partial charge in [-0.1, -0.05) is 18.2 Å². The zero-order valence-electron chi connectivity index (χ0n) is 14.3. The Balaban J connectivity index is 1.41. The van der Waals surface area contributed by atoms with Gasteiger partial charge in [-0.3, -0.25) is 4.90 Å². The average molecular weight is 321 g/mol. The number of piperazine rings is 1. The molecule has 0 saturated carbocycles. The van der Waals surface area contributed by atoms with E-state index in [1.165, 1.54) is 22.2 Å². The highest BCUT2D eigenvalue weighted by Crippen LogP contribution is 2.21. The molecule has 1 aliphatic rings. The average Bonchev–Trinajstić information content (AvgIpc) is 3.00. The van der Waals surface area contributed by atoms with Crippen LogP contribution in [0.3, 0.4) is 0 Å². The number of hydrogen-bond donors (Lipinski definition) is 1. The van der Waals surface area contributed by atoms with E-state index in [1.54, 1.807) is 6.33 Å². The molecule has 0 amide bonds. The number of aryl methyl sites for hydroxylation is 1. The first-order valence-electron chi connectivity index (χ1n) is 8.53. The molecule has 0 bridgehead atoms. The Labute approximate surface area is 142 Å². The van der Waals surface area contributed by atoms with Crippen LogP contribution in [0.25, 0.3) is 10.9 Å². The summed E-state index contributed by atoms with van der Waals surface area (Å²) in [6, 6.07) is 10.7. The first-order valence-corrected chi connectivity index (χ1v) is 8.53. The van der Waals surface area contributed by atoms with E-state index in [0.29, 0.717) is 0 Å². The molecule has 24 heavy (non-hydrogen) atoms. The lowest BCUT2D eigenvalue weighted by atomic mass is 10.2. The molecule has 1 aromatic carbocycles. The van der Waals surface area contributed by atoms with Crippen molar-refractivity contribution in [1.82, 2.24) is 19.9 Å². The Kier molecular flexibility index (Phi) is 3.94. The van der Waals surface area contributed by atoms with Crippen LogP contribution in [0.2, 0.25) is 0 Å². The first kappa shape index (κ1) is 15.1. The number of aromatic amines is 1. The summed E-state index contributed by atoms with van der Waals surface area (Å²) in [7, 11) is 0. The molecule has 3 heterocycles. The standard InChI is InChI=1S/C19H23N5/c1-14-15(2)20-13-21-19(14)24-9-7-23(8-10-24)12-17-11-16-5-3-4-6-18(16)22-17/h3-6,11,13,22H,7-10,12H2,1-2H3. The maximum absolute atomic E-state index is 4.49. The minimum atomic E-state index is 0.976. The second kappa shape index (κ2) is 6.24. The van der Waals surface area contributed by atoms with E-state index in [-0.39, 0.29) is 0 Å². The topological polar surface area (TPSA) is 48.1 Å². The summed E-state index contributed by atoms with van der Waals surface area (Å²) in [5.74, 6) is 1.09. The van der Waals surface area contributed by atoms with Crippen molar-refractivity contribution in [3.05, 3.63) is 53.6 Å². The number of para-hydroxylation sites is 1. The molecular formula is C19H23N5. The Hall–Kier alpha value is -2.40. The third kappa shape index (κ3) is 2.87. The Morgan fingerprint density at radius 3 is 2.62 bits per heavy atom. The Morgan fingerprint density at radius 2 is 1.83 bits per heavy atom. The lowest BCUT2D eigenvalue weighted by Crippen LogP contribution is -2.46. The van der Waals surface area contributed by atoms with Gasteiger partial charge in [0.15, 0.2) is 0 Å². The normalized spacial score (nSPS) is 16.0. The van der Waals surface area contributed by atoms with Gasteiger partial charge in [-0.05, 0) is 31.4 Å². The van der Waals surface area contributed by atoms with Crippen LogP contribution >= 0.6 is 0 Å². The van der Waals surface area contributed by atoms with Gasteiger partial charge >= 0.3 is 0 Å². The second-order valence-electron chi connectivity index (χ2n) is 6.55. The SMILES string of the molecule is Cc1ncnc(N2CCN(Cc3cc4ccccc4[nH]3)CC2)c1C. The van der Waals surface area contributed by atoms with Crippen molar-refractivity contribution in [3.8, 4) is 0 Å². The van der Waals surface area contributed by atoms with Crippen molar-refractivity contribution in [3.63, 3.8) is 0 Å². The van der Waals surface area contributed by atoms with E-state index < -0.39 is 0 Å². The van der Waals surface area contributed by atoms with E-state index in [1.807, 2.05) is 6.92 Å². The summed E-state index contributed by atoms with van der Waals surface area (Å²) in [4.78, 5) is 17.2. The third-order valence-corrected chi connectivity index (χ3v) is 4.96.